The summed E-state index contributed by atoms with van der Waals surface area (Å²) in [5.41, 5.74) is 1.80. The zero-order valence-electron chi connectivity index (χ0n) is 11.2. The van der Waals surface area contributed by atoms with Crippen molar-refractivity contribution in [3.8, 4) is 11.4 Å². The Balaban J connectivity index is 1.83. The molecule has 6 nitrogen and oxygen atoms in total. The maximum absolute atomic E-state index is 11.0. The van der Waals surface area contributed by atoms with Gasteiger partial charge < -0.3 is 5.11 Å². The number of carbonyl (C=O) groups is 1. The fourth-order valence-electron chi connectivity index (χ4n) is 1.95. The van der Waals surface area contributed by atoms with E-state index in [9.17, 15) is 4.79 Å². The second kappa shape index (κ2) is 5.45. The third kappa shape index (κ3) is 2.82. The normalized spacial score (nSPS) is 10.7. The van der Waals surface area contributed by atoms with Gasteiger partial charge in [0, 0.05) is 10.4 Å². The molecule has 0 saturated heterocycles. The maximum atomic E-state index is 11.0. The van der Waals surface area contributed by atoms with E-state index in [-0.39, 0.29) is 0 Å². The van der Waals surface area contributed by atoms with Crippen LogP contribution in [0.4, 0.5) is 0 Å². The van der Waals surface area contributed by atoms with Crippen molar-refractivity contribution in [2.45, 2.75) is 13.5 Å². The molecular formula is C14H12N4O2S. The minimum absolute atomic E-state index is 0.325. The van der Waals surface area contributed by atoms with E-state index in [1.807, 2.05) is 37.3 Å². The van der Waals surface area contributed by atoms with Crippen LogP contribution in [0, 0.1) is 6.92 Å². The molecule has 0 aliphatic heterocycles. The van der Waals surface area contributed by atoms with E-state index in [1.165, 1.54) is 16.1 Å². The quantitative estimate of drug-likeness (QED) is 0.800. The Morgan fingerprint density at radius 3 is 2.76 bits per heavy atom. The van der Waals surface area contributed by atoms with Gasteiger partial charge in [0.25, 0.3) is 0 Å². The first-order valence-electron chi connectivity index (χ1n) is 6.29. The summed E-state index contributed by atoms with van der Waals surface area (Å²) in [6, 6.07) is 11.2. The molecule has 0 aliphatic carbocycles. The molecule has 2 aromatic heterocycles. The minimum atomic E-state index is -0.911. The molecule has 0 radical (unpaired) electrons. The van der Waals surface area contributed by atoms with Gasteiger partial charge in [-0.2, -0.15) is 4.80 Å². The molecule has 0 saturated carbocycles. The lowest BCUT2D eigenvalue weighted by Gasteiger charge is -1.97. The SMILES string of the molecule is Cc1sc(C(=O)O)cc1Cn1nnc(-c2ccccc2)n1. The smallest absolute Gasteiger partial charge is 0.345 e. The Hall–Kier alpha value is -2.54. The molecule has 0 fully saturated rings. The van der Waals surface area contributed by atoms with Crippen molar-refractivity contribution >= 4 is 17.3 Å². The van der Waals surface area contributed by atoms with Crippen LogP contribution in [0.2, 0.25) is 0 Å². The summed E-state index contributed by atoms with van der Waals surface area (Å²) < 4.78 is 0. The molecule has 1 aromatic carbocycles. The molecule has 106 valence electrons. The number of aromatic carboxylic acids is 1. The van der Waals surface area contributed by atoms with Crippen LogP contribution in [0.3, 0.4) is 0 Å². The third-order valence-corrected chi connectivity index (χ3v) is 4.11. The van der Waals surface area contributed by atoms with Gasteiger partial charge in [0.05, 0.1) is 6.54 Å². The highest BCUT2D eigenvalue weighted by atomic mass is 32.1. The van der Waals surface area contributed by atoms with E-state index >= 15 is 0 Å². The maximum Gasteiger partial charge on any atom is 0.345 e. The van der Waals surface area contributed by atoms with E-state index in [4.69, 9.17) is 5.11 Å². The number of nitrogens with zero attached hydrogens (tertiary/aromatic N) is 4. The number of carboxylic acids is 1. The second-order valence-corrected chi connectivity index (χ2v) is 5.76. The standard InChI is InChI=1S/C14H12N4O2S/c1-9-11(7-12(21-9)14(19)20)8-18-16-13(15-17-18)10-5-3-2-4-6-10/h2-7H,8H2,1H3,(H,19,20). The predicted molar refractivity (Wildman–Crippen MR) is 78.4 cm³/mol. The zero-order valence-corrected chi connectivity index (χ0v) is 12.0. The van der Waals surface area contributed by atoms with Gasteiger partial charge in [-0.3, -0.25) is 0 Å². The van der Waals surface area contributed by atoms with Crippen molar-refractivity contribution in [3.05, 3.63) is 51.7 Å². The van der Waals surface area contributed by atoms with E-state index in [0.29, 0.717) is 17.2 Å². The highest BCUT2D eigenvalue weighted by molar-refractivity contribution is 7.14. The van der Waals surface area contributed by atoms with E-state index < -0.39 is 5.97 Å². The van der Waals surface area contributed by atoms with Crippen LogP contribution in [0.25, 0.3) is 11.4 Å². The largest absolute Gasteiger partial charge is 0.477 e. The first-order valence-corrected chi connectivity index (χ1v) is 7.11. The van der Waals surface area contributed by atoms with Gasteiger partial charge in [0.1, 0.15) is 4.88 Å². The molecular weight excluding hydrogens is 288 g/mol. The Bertz CT molecular complexity index is 779. The number of aromatic nitrogens is 4. The third-order valence-electron chi connectivity index (χ3n) is 3.03. The fourth-order valence-corrected chi connectivity index (χ4v) is 2.82. The summed E-state index contributed by atoms with van der Waals surface area (Å²) in [7, 11) is 0. The molecule has 2 heterocycles. The molecule has 0 aliphatic rings. The van der Waals surface area contributed by atoms with E-state index in [2.05, 4.69) is 15.4 Å². The number of rotatable bonds is 4. The molecule has 0 spiro atoms. The van der Waals surface area contributed by atoms with Gasteiger partial charge in [0.15, 0.2) is 0 Å². The first-order chi connectivity index (χ1) is 10.1. The van der Waals surface area contributed by atoms with Crippen LogP contribution in [-0.4, -0.2) is 31.3 Å². The number of benzene rings is 1. The van der Waals surface area contributed by atoms with Crippen LogP contribution in [0.5, 0.6) is 0 Å². The molecule has 3 aromatic rings. The molecule has 0 atom stereocenters. The number of hydrogen-bond acceptors (Lipinski definition) is 5. The minimum Gasteiger partial charge on any atom is -0.477 e. The van der Waals surface area contributed by atoms with Gasteiger partial charge in [-0.1, -0.05) is 30.3 Å². The van der Waals surface area contributed by atoms with Crippen molar-refractivity contribution in [2.75, 3.05) is 0 Å². The Kier molecular flexibility index (Phi) is 3.49. The lowest BCUT2D eigenvalue weighted by Crippen LogP contribution is -2.04. The first kappa shape index (κ1) is 13.4. The van der Waals surface area contributed by atoms with Crippen LogP contribution < -0.4 is 0 Å². The van der Waals surface area contributed by atoms with Gasteiger partial charge >= 0.3 is 5.97 Å². The average molecular weight is 300 g/mol. The van der Waals surface area contributed by atoms with Crippen molar-refractivity contribution in [1.29, 1.82) is 0 Å². The number of thiophene rings is 1. The second-order valence-electron chi connectivity index (χ2n) is 4.51. The lowest BCUT2D eigenvalue weighted by atomic mass is 10.2. The summed E-state index contributed by atoms with van der Waals surface area (Å²) >= 11 is 1.26. The topological polar surface area (TPSA) is 80.9 Å². The molecule has 0 amide bonds. The van der Waals surface area contributed by atoms with Crippen LogP contribution in [-0.2, 0) is 6.54 Å². The predicted octanol–water partition coefficient (Wildman–Crippen LogP) is 2.46. The average Bonchev–Trinajstić information content (AvgIpc) is 3.08. The molecule has 0 bridgehead atoms. The lowest BCUT2D eigenvalue weighted by molar-refractivity contribution is 0.0702. The molecule has 7 heteroatoms. The number of carboxylic acid groups (broad SMARTS) is 1. The van der Waals surface area contributed by atoms with Crippen molar-refractivity contribution < 1.29 is 9.90 Å². The Morgan fingerprint density at radius 1 is 1.33 bits per heavy atom. The van der Waals surface area contributed by atoms with Gasteiger partial charge in [-0.05, 0) is 23.8 Å². The summed E-state index contributed by atoms with van der Waals surface area (Å²) in [4.78, 5) is 13.7. The zero-order chi connectivity index (χ0) is 14.8. The number of hydrogen-bond donors (Lipinski definition) is 1. The highest BCUT2D eigenvalue weighted by Crippen LogP contribution is 2.22. The van der Waals surface area contributed by atoms with Crippen molar-refractivity contribution in [3.63, 3.8) is 0 Å². The Labute approximate surface area is 124 Å². The van der Waals surface area contributed by atoms with Crippen LogP contribution in [0.15, 0.2) is 36.4 Å². The molecule has 0 unspecified atom stereocenters. The van der Waals surface area contributed by atoms with Crippen molar-refractivity contribution in [2.24, 2.45) is 0 Å². The monoisotopic (exact) mass is 300 g/mol. The van der Waals surface area contributed by atoms with Gasteiger partial charge in [0.2, 0.25) is 5.82 Å². The fraction of sp³-hybridized carbons (Fsp3) is 0.143. The van der Waals surface area contributed by atoms with Gasteiger partial charge in [-0.25, -0.2) is 4.79 Å². The van der Waals surface area contributed by atoms with E-state index in [0.717, 1.165) is 16.0 Å². The summed E-state index contributed by atoms with van der Waals surface area (Å²) in [5, 5.41) is 21.4. The Morgan fingerprint density at radius 2 is 2.10 bits per heavy atom. The van der Waals surface area contributed by atoms with Gasteiger partial charge in [-0.15, -0.1) is 21.5 Å². The summed E-state index contributed by atoms with van der Waals surface area (Å²) in [5.74, 6) is -0.354. The number of tetrazole rings is 1. The molecule has 3 rings (SSSR count). The summed E-state index contributed by atoms with van der Waals surface area (Å²) in [6.45, 7) is 2.30. The van der Waals surface area contributed by atoms with E-state index in [1.54, 1.807) is 6.07 Å². The molecule has 1 N–H and O–H groups in total. The summed E-state index contributed by atoms with van der Waals surface area (Å²) in [6.07, 6.45) is 0. The molecule has 21 heavy (non-hydrogen) atoms. The van der Waals surface area contributed by atoms with Crippen LogP contribution >= 0.6 is 11.3 Å². The highest BCUT2D eigenvalue weighted by Gasteiger charge is 2.13. The van der Waals surface area contributed by atoms with Crippen LogP contribution in [0.1, 0.15) is 20.1 Å². The van der Waals surface area contributed by atoms with Crippen molar-refractivity contribution in [1.82, 2.24) is 20.2 Å². The number of aryl methyl sites for hydroxylation is 1.